The van der Waals surface area contributed by atoms with E-state index in [4.69, 9.17) is 4.74 Å². The zero-order chi connectivity index (χ0) is 13.9. The number of hydrogen-bond donors (Lipinski definition) is 0. The molecule has 2 nitrogen and oxygen atoms in total. The fourth-order valence-electron chi connectivity index (χ4n) is 2.26. The molecule has 0 atom stereocenters. The molecule has 1 fully saturated rings. The van der Waals surface area contributed by atoms with Crippen molar-refractivity contribution in [3.05, 3.63) is 34.9 Å². The Kier molecular flexibility index (Phi) is 4.56. The van der Waals surface area contributed by atoms with Crippen LogP contribution in [0, 0.1) is 19.3 Å². The van der Waals surface area contributed by atoms with Crippen molar-refractivity contribution in [1.82, 2.24) is 0 Å². The molecular formula is C16H22O2S. The number of carbonyl (C=O) groups is 1. The predicted octanol–water partition coefficient (Wildman–Crippen LogP) is 3.88. The Bertz CT molecular complexity index is 464. The van der Waals surface area contributed by atoms with E-state index in [0.717, 1.165) is 11.5 Å². The third-order valence-electron chi connectivity index (χ3n) is 3.87. The van der Waals surface area contributed by atoms with Gasteiger partial charge in [-0.05, 0) is 49.0 Å². The smallest absolute Gasteiger partial charge is 0.306 e. The maximum Gasteiger partial charge on any atom is 0.306 e. The van der Waals surface area contributed by atoms with Crippen molar-refractivity contribution in [3.63, 3.8) is 0 Å². The van der Waals surface area contributed by atoms with Gasteiger partial charge in [0.05, 0.1) is 13.5 Å². The van der Waals surface area contributed by atoms with Gasteiger partial charge in [-0.1, -0.05) is 23.8 Å². The summed E-state index contributed by atoms with van der Waals surface area (Å²) in [5.74, 6) is 2.04. The SMILES string of the molecule is COC(=O)CC1(CSCc2cc(C)ccc2C)CC1. The van der Waals surface area contributed by atoms with E-state index in [1.165, 1.54) is 36.6 Å². The molecule has 1 saturated carbocycles. The van der Waals surface area contributed by atoms with E-state index in [2.05, 4.69) is 32.0 Å². The van der Waals surface area contributed by atoms with Crippen LogP contribution in [0.15, 0.2) is 18.2 Å². The molecule has 0 bridgehead atoms. The zero-order valence-corrected chi connectivity index (χ0v) is 12.8. The Labute approximate surface area is 119 Å². The molecule has 1 aliphatic carbocycles. The predicted molar refractivity (Wildman–Crippen MR) is 80.4 cm³/mol. The summed E-state index contributed by atoms with van der Waals surface area (Å²) < 4.78 is 4.78. The molecule has 0 aliphatic heterocycles. The second kappa shape index (κ2) is 6.00. The fraction of sp³-hybridized carbons (Fsp3) is 0.562. The van der Waals surface area contributed by atoms with Crippen LogP contribution in [0.25, 0.3) is 0 Å². The molecular weight excluding hydrogens is 256 g/mol. The maximum atomic E-state index is 11.4. The minimum absolute atomic E-state index is 0.0650. The van der Waals surface area contributed by atoms with Crippen LogP contribution < -0.4 is 0 Å². The zero-order valence-electron chi connectivity index (χ0n) is 12.0. The van der Waals surface area contributed by atoms with Crippen molar-refractivity contribution in [2.45, 2.75) is 38.9 Å². The molecule has 0 unspecified atom stereocenters. The second-order valence-corrected chi connectivity index (χ2v) is 6.66. The van der Waals surface area contributed by atoms with Gasteiger partial charge in [-0.15, -0.1) is 0 Å². The van der Waals surface area contributed by atoms with Crippen LogP contribution in [0.5, 0.6) is 0 Å². The van der Waals surface area contributed by atoms with E-state index in [1.807, 2.05) is 11.8 Å². The molecule has 0 saturated heterocycles. The number of methoxy groups -OCH3 is 1. The summed E-state index contributed by atoms with van der Waals surface area (Å²) in [6.45, 7) is 4.30. The fourth-order valence-corrected chi connectivity index (χ4v) is 3.72. The Balaban J connectivity index is 1.83. The first-order chi connectivity index (χ1) is 9.04. The summed E-state index contributed by atoms with van der Waals surface area (Å²) >= 11 is 1.94. The van der Waals surface area contributed by atoms with Gasteiger partial charge in [0.1, 0.15) is 0 Å². The Hall–Kier alpha value is -0.960. The highest BCUT2D eigenvalue weighted by molar-refractivity contribution is 7.98. The van der Waals surface area contributed by atoms with E-state index >= 15 is 0 Å². The molecule has 0 N–H and O–H groups in total. The normalized spacial score (nSPS) is 16.2. The van der Waals surface area contributed by atoms with Crippen LogP contribution in [0.1, 0.15) is 36.0 Å². The standard InChI is InChI=1S/C16H22O2S/c1-12-4-5-13(2)14(8-12)10-19-11-16(6-7-16)9-15(17)18-3/h4-5,8H,6-7,9-11H2,1-3H3. The van der Waals surface area contributed by atoms with Crippen molar-refractivity contribution in [3.8, 4) is 0 Å². The number of esters is 1. The van der Waals surface area contributed by atoms with Gasteiger partial charge in [0.2, 0.25) is 0 Å². The van der Waals surface area contributed by atoms with Crippen LogP contribution in [0.2, 0.25) is 0 Å². The van der Waals surface area contributed by atoms with Crippen molar-refractivity contribution < 1.29 is 9.53 Å². The second-order valence-electron chi connectivity index (χ2n) is 5.68. The number of benzene rings is 1. The Morgan fingerprint density at radius 2 is 2.11 bits per heavy atom. The van der Waals surface area contributed by atoms with Crippen molar-refractivity contribution in [2.75, 3.05) is 12.9 Å². The number of carbonyl (C=O) groups excluding carboxylic acids is 1. The van der Waals surface area contributed by atoms with Gasteiger partial charge in [0, 0.05) is 5.75 Å². The van der Waals surface area contributed by atoms with Crippen molar-refractivity contribution in [1.29, 1.82) is 0 Å². The summed E-state index contributed by atoms with van der Waals surface area (Å²) in [6, 6.07) is 6.61. The lowest BCUT2D eigenvalue weighted by atomic mass is 10.1. The van der Waals surface area contributed by atoms with E-state index in [0.29, 0.717) is 6.42 Å². The summed E-state index contributed by atoms with van der Waals surface area (Å²) in [6.07, 6.45) is 2.92. The first kappa shape index (κ1) is 14.4. The first-order valence-corrected chi connectivity index (χ1v) is 7.91. The van der Waals surface area contributed by atoms with Gasteiger partial charge in [-0.25, -0.2) is 0 Å². The maximum absolute atomic E-state index is 11.4. The number of hydrogen-bond acceptors (Lipinski definition) is 3. The molecule has 3 heteroatoms. The molecule has 104 valence electrons. The number of rotatable bonds is 6. The minimum Gasteiger partial charge on any atom is -0.469 e. The first-order valence-electron chi connectivity index (χ1n) is 6.75. The van der Waals surface area contributed by atoms with Crippen LogP contribution >= 0.6 is 11.8 Å². The third kappa shape index (κ3) is 4.00. The van der Waals surface area contributed by atoms with Gasteiger partial charge < -0.3 is 4.74 Å². The molecule has 1 aromatic carbocycles. The van der Waals surface area contributed by atoms with Crippen LogP contribution in [-0.2, 0) is 15.3 Å². The molecule has 0 spiro atoms. The molecule has 0 amide bonds. The highest BCUT2D eigenvalue weighted by Gasteiger charge is 2.44. The van der Waals surface area contributed by atoms with E-state index < -0.39 is 0 Å². The summed E-state index contributed by atoms with van der Waals surface area (Å²) in [5, 5.41) is 0. The van der Waals surface area contributed by atoms with Crippen LogP contribution in [-0.4, -0.2) is 18.8 Å². The van der Waals surface area contributed by atoms with Crippen molar-refractivity contribution >= 4 is 17.7 Å². The molecule has 1 aromatic rings. The van der Waals surface area contributed by atoms with Gasteiger partial charge in [-0.3, -0.25) is 4.79 Å². The van der Waals surface area contributed by atoms with Crippen LogP contribution in [0.3, 0.4) is 0 Å². The van der Waals surface area contributed by atoms with Gasteiger partial charge in [0.15, 0.2) is 0 Å². The van der Waals surface area contributed by atoms with E-state index in [-0.39, 0.29) is 11.4 Å². The molecule has 2 rings (SSSR count). The summed E-state index contributed by atoms with van der Waals surface area (Å²) in [7, 11) is 1.47. The lowest BCUT2D eigenvalue weighted by Gasteiger charge is -2.14. The Morgan fingerprint density at radius 3 is 2.74 bits per heavy atom. The highest BCUT2D eigenvalue weighted by Crippen LogP contribution is 2.51. The van der Waals surface area contributed by atoms with Crippen molar-refractivity contribution in [2.24, 2.45) is 5.41 Å². The van der Waals surface area contributed by atoms with Gasteiger partial charge in [-0.2, -0.15) is 11.8 Å². The number of aryl methyl sites for hydroxylation is 2. The van der Waals surface area contributed by atoms with E-state index in [1.54, 1.807) is 0 Å². The monoisotopic (exact) mass is 278 g/mol. The minimum atomic E-state index is -0.0650. The largest absolute Gasteiger partial charge is 0.469 e. The summed E-state index contributed by atoms with van der Waals surface area (Å²) in [5.41, 5.74) is 4.32. The molecule has 1 aliphatic rings. The number of thioether (sulfide) groups is 1. The van der Waals surface area contributed by atoms with E-state index in [9.17, 15) is 4.79 Å². The topological polar surface area (TPSA) is 26.3 Å². The molecule has 0 aromatic heterocycles. The quantitative estimate of drug-likeness (QED) is 0.739. The third-order valence-corrected chi connectivity index (χ3v) is 5.21. The average molecular weight is 278 g/mol. The number of ether oxygens (including phenoxy) is 1. The molecule has 19 heavy (non-hydrogen) atoms. The lowest BCUT2D eigenvalue weighted by molar-refractivity contribution is -0.141. The van der Waals surface area contributed by atoms with Gasteiger partial charge in [0.25, 0.3) is 0 Å². The lowest BCUT2D eigenvalue weighted by Crippen LogP contribution is -2.13. The van der Waals surface area contributed by atoms with Crippen LogP contribution in [0.4, 0.5) is 0 Å². The Morgan fingerprint density at radius 1 is 1.37 bits per heavy atom. The average Bonchev–Trinajstić information content (AvgIpc) is 3.13. The highest BCUT2D eigenvalue weighted by atomic mass is 32.2. The molecule has 0 radical (unpaired) electrons. The molecule has 0 heterocycles. The summed E-state index contributed by atoms with van der Waals surface area (Å²) in [4.78, 5) is 11.4. The van der Waals surface area contributed by atoms with Gasteiger partial charge >= 0.3 is 5.97 Å².